The molecule has 1 unspecified atom stereocenters. The van der Waals surface area contributed by atoms with Crippen LogP contribution in [0.5, 0.6) is 0 Å². The molecule has 1 atom stereocenters. The Kier molecular flexibility index (Phi) is 3.75. The summed E-state index contributed by atoms with van der Waals surface area (Å²) >= 11 is 0. The molecule has 1 aliphatic heterocycles. The molecule has 0 saturated carbocycles. The number of rotatable bonds is 3. The van der Waals surface area contributed by atoms with E-state index in [9.17, 15) is 4.79 Å². The molecule has 0 aliphatic carbocycles. The van der Waals surface area contributed by atoms with Crippen LogP contribution in [0.2, 0.25) is 0 Å². The first-order valence-electron chi connectivity index (χ1n) is 7.29. The minimum Gasteiger partial charge on any atom is -0.347 e. The second kappa shape index (κ2) is 5.69. The van der Waals surface area contributed by atoms with Crippen LogP contribution in [-0.4, -0.2) is 21.9 Å². The van der Waals surface area contributed by atoms with Crippen molar-refractivity contribution in [2.24, 2.45) is 0 Å². The summed E-state index contributed by atoms with van der Waals surface area (Å²) in [6.45, 7) is 4.90. The maximum absolute atomic E-state index is 12.5. The van der Waals surface area contributed by atoms with Gasteiger partial charge in [0, 0.05) is 18.7 Å². The van der Waals surface area contributed by atoms with E-state index >= 15 is 0 Å². The first kappa shape index (κ1) is 13.8. The van der Waals surface area contributed by atoms with E-state index in [1.807, 2.05) is 18.2 Å². The lowest BCUT2D eigenvalue weighted by atomic mass is 10.00. The van der Waals surface area contributed by atoms with E-state index in [-0.39, 0.29) is 11.9 Å². The van der Waals surface area contributed by atoms with E-state index in [1.165, 1.54) is 0 Å². The summed E-state index contributed by atoms with van der Waals surface area (Å²) in [7, 11) is 0. The number of fused-ring (bicyclic) bond motifs is 1. The van der Waals surface area contributed by atoms with Crippen molar-refractivity contribution < 1.29 is 4.79 Å². The highest BCUT2D eigenvalue weighted by atomic mass is 16.2. The van der Waals surface area contributed by atoms with Crippen LogP contribution in [0.1, 0.15) is 36.7 Å². The van der Waals surface area contributed by atoms with Gasteiger partial charge in [0.05, 0.1) is 23.8 Å². The van der Waals surface area contributed by atoms with Gasteiger partial charge in [-0.15, -0.1) is 0 Å². The Bertz CT molecular complexity index is 647. The highest BCUT2D eigenvalue weighted by Crippen LogP contribution is 2.24. The van der Waals surface area contributed by atoms with Crippen LogP contribution in [0.25, 0.3) is 0 Å². The van der Waals surface area contributed by atoms with Gasteiger partial charge >= 0.3 is 0 Å². The predicted molar refractivity (Wildman–Crippen MR) is 82.1 cm³/mol. The number of nitrogens with zero attached hydrogens (tertiary/aromatic N) is 1. The molecule has 0 fully saturated rings. The van der Waals surface area contributed by atoms with Gasteiger partial charge in [0.15, 0.2) is 0 Å². The molecule has 0 bridgehead atoms. The SMILES string of the molecule is CC(C)c1ccccc1NC(=O)C1Cc2nc[nH]c2CN1. The normalized spacial score (nSPS) is 17.6. The van der Waals surface area contributed by atoms with Gasteiger partial charge in [-0.25, -0.2) is 4.98 Å². The molecule has 0 spiro atoms. The van der Waals surface area contributed by atoms with Gasteiger partial charge in [-0.2, -0.15) is 0 Å². The van der Waals surface area contributed by atoms with Crippen LogP contribution in [0.15, 0.2) is 30.6 Å². The third-order valence-corrected chi connectivity index (χ3v) is 3.89. The van der Waals surface area contributed by atoms with Crippen LogP contribution < -0.4 is 10.6 Å². The molecule has 2 aromatic rings. The zero-order chi connectivity index (χ0) is 14.8. The molecule has 3 N–H and O–H groups in total. The number of benzene rings is 1. The van der Waals surface area contributed by atoms with Crippen LogP contribution in [0.3, 0.4) is 0 Å². The van der Waals surface area contributed by atoms with E-state index in [2.05, 4.69) is 40.5 Å². The lowest BCUT2D eigenvalue weighted by Crippen LogP contribution is -2.44. The van der Waals surface area contributed by atoms with Crippen molar-refractivity contribution in [3.05, 3.63) is 47.5 Å². The number of amides is 1. The summed E-state index contributed by atoms with van der Waals surface area (Å²) in [5.74, 6) is 0.371. The third-order valence-electron chi connectivity index (χ3n) is 3.89. The van der Waals surface area contributed by atoms with Crippen LogP contribution in [0, 0.1) is 0 Å². The zero-order valence-electron chi connectivity index (χ0n) is 12.3. The maximum Gasteiger partial charge on any atom is 0.241 e. The molecule has 2 heterocycles. The predicted octanol–water partition coefficient (Wildman–Crippen LogP) is 2.19. The summed E-state index contributed by atoms with van der Waals surface area (Å²) in [6.07, 6.45) is 2.30. The number of nitrogens with one attached hydrogen (secondary N) is 3. The minimum atomic E-state index is -0.235. The molecule has 5 heteroatoms. The molecule has 21 heavy (non-hydrogen) atoms. The van der Waals surface area contributed by atoms with Gasteiger partial charge in [0.25, 0.3) is 0 Å². The number of aromatic amines is 1. The van der Waals surface area contributed by atoms with Gasteiger partial charge in [-0.3, -0.25) is 10.1 Å². The number of carbonyl (C=O) groups excluding carboxylic acids is 1. The van der Waals surface area contributed by atoms with Crippen LogP contribution >= 0.6 is 0 Å². The molecule has 3 rings (SSSR count). The maximum atomic E-state index is 12.5. The molecular formula is C16H20N4O. The van der Waals surface area contributed by atoms with Crippen molar-refractivity contribution in [1.82, 2.24) is 15.3 Å². The lowest BCUT2D eigenvalue weighted by Gasteiger charge is -2.23. The second-order valence-electron chi connectivity index (χ2n) is 5.70. The number of anilines is 1. The number of hydrogen-bond donors (Lipinski definition) is 3. The summed E-state index contributed by atoms with van der Waals surface area (Å²) in [6, 6.07) is 7.72. The number of para-hydroxylation sites is 1. The Balaban J connectivity index is 1.73. The average molecular weight is 284 g/mol. The quantitative estimate of drug-likeness (QED) is 0.809. The molecule has 1 aliphatic rings. The number of imidazole rings is 1. The Labute approximate surface area is 124 Å². The molecule has 110 valence electrons. The molecule has 0 radical (unpaired) electrons. The summed E-state index contributed by atoms with van der Waals surface area (Å²) < 4.78 is 0. The molecular weight excluding hydrogens is 264 g/mol. The second-order valence-corrected chi connectivity index (χ2v) is 5.70. The Morgan fingerprint density at radius 1 is 1.38 bits per heavy atom. The fraction of sp³-hybridized carbons (Fsp3) is 0.375. The van der Waals surface area contributed by atoms with E-state index < -0.39 is 0 Å². The van der Waals surface area contributed by atoms with Crippen molar-refractivity contribution in [3.8, 4) is 0 Å². The standard InChI is InChI=1S/C16H20N4O/c1-10(2)11-5-3-4-6-12(11)20-16(21)14-7-13-15(8-17-14)19-9-18-13/h3-6,9-10,14,17H,7-8H2,1-2H3,(H,18,19)(H,20,21). The monoisotopic (exact) mass is 284 g/mol. The number of hydrogen-bond acceptors (Lipinski definition) is 3. The van der Waals surface area contributed by atoms with E-state index in [1.54, 1.807) is 6.33 Å². The van der Waals surface area contributed by atoms with Crippen LogP contribution in [0.4, 0.5) is 5.69 Å². The molecule has 0 saturated heterocycles. The van der Waals surface area contributed by atoms with Crippen molar-refractivity contribution in [1.29, 1.82) is 0 Å². The zero-order valence-corrected chi connectivity index (χ0v) is 12.3. The Morgan fingerprint density at radius 3 is 3.00 bits per heavy atom. The lowest BCUT2D eigenvalue weighted by molar-refractivity contribution is -0.118. The summed E-state index contributed by atoms with van der Waals surface area (Å²) in [5.41, 5.74) is 4.10. The molecule has 5 nitrogen and oxygen atoms in total. The van der Waals surface area contributed by atoms with Crippen molar-refractivity contribution >= 4 is 11.6 Å². The highest BCUT2D eigenvalue weighted by molar-refractivity contribution is 5.95. The third kappa shape index (κ3) is 2.83. The van der Waals surface area contributed by atoms with Gasteiger partial charge in [-0.05, 0) is 17.5 Å². The fourth-order valence-corrected chi connectivity index (χ4v) is 2.69. The van der Waals surface area contributed by atoms with Gasteiger partial charge < -0.3 is 10.3 Å². The van der Waals surface area contributed by atoms with Crippen molar-refractivity contribution in [2.75, 3.05) is 5.32 Å². The first-order valence-corrected chi connectivity index (χ1v) is 7.29. The minimum absolute atomic E-state index is 0.00301. The van der Waals surface area contributed by atoms with E-state index in [0.29, 0.717) is 18.9 Å². The van der Waals surface area contributed by atoms with Gasteiger partial charge in [0.1, 0.15) is 0 Å². The van der Waals surface area contributed by atoms with E-state index in [4.69, 9.17) is 0 Å². The van der Waals surface area contributed by atoms with Crippen LogP contribution in [-0.2, 0) is 17.8 Å². The molecule has 1 aromatic carbocycles. The topological polar surface area (TPSA) is 69.8 Å². The van der Waals surface area contributed by atoms with Gasteiger partial charge in [-0.1, -0.05) is 32.0 Å². The average Bonchev–Trinajstić information content (AvgIpc) is 2.94. The van der Waals surface area contributed by atoms with Crippen molar-refractivity contribution in [2.45, 2.75) is 38.8 Å². The van der Waals surface area contributed by atoms with Crippen molar-refractivity contribution in [3.63, 3.8) is 0 Å². The largest absolute Gasteiger partial charge is 0.347 e. The number of aromatic nitrogens is 2. The summed E-state index contributed by atoms with van der Waals surface area (Å²) in [4.78, 5) is 19.8. The van der Waals surface area contributed by atoms with E-state index in [0.717, 1.165) is 22.6 Å². The smallest absolute Gasteiger partial charge is 0.241 e. The Hall–Kier alpha value is -2.14. The first-order chi connectivity index (χ1) is 10.1. The number of H-pyrrole nitrogens is 1. The molecule has 1 aromatic heterocycles. The van der Waals surface area contributed by atoms with Gasteiger partial charge in [0.2, 0.25) is 5.91 Å². The fourth-order valence-electron chi connectivity index (χ4n) is 2.69. The highest BCUT2D eigenvalue weighted by Gasteiger charge is 2.26. The summed E-state index contributed by atoms with van der Waals surface area (Å²) in [5, 5.41) is 6.29. The Morgan fingerprint density at radius 2 is 2.19 bits per heavy atom. The number of carbonyl (C=O) groups is 1. The molecule has 1 amide bonds.